The molecule has 2 aromatic carbocycles. The third-order valence-electron chi connectivity index (χ3n) is 5.87. The van der Waals surface area contributed by atoms with Crippen LogP contribution >= 0.6 is 0 Å². The van der Waals surface area contributed by atoms with Gasteiger partial charge in [-0.15, -0.1) is 10.2 Å². The number of sulfonamides is 1. The third kappa shape index (κ3) is 4.79. The molecule has 34 heavy (non-hydrogen) atoms. The molecule has 9 nitrogen and oxygen atoms in total. The van der Waals surface area contributed by atoms with Gasteiger partial charge in [0.15, 0.2) is 0 Å². The molecule has 0 amide bonds. The predicted molar refractivity (Wildman–Crippen MR) is 126 cm³/mol. The maximum atomic E-state index is 12.8. The first-order chi connectivity index (χ1) is 16.5. The minimum absolute atomic E-state index is 0.0166. The fourth-order valence-corrected chi connectivity index (χ4v) is 5.58. The smallest absolute Gasteiger partial charge is 0.253 e. The van der Waals surface area contributed by atoms with Gasteiger partial charge in [-0.05, 0) is 12.5 Å². The van der Waals surface area contributed by atoms with Gasteiger partial charge in [-0.25, -0.2) is 8.42 Å². The number of aryl methyl sites for hydroxylation is 1. The quantitative estimate of drug-likeness (QED) is 0.397. The molecule has 0 N–H and O–H groups in total. The summed E-state index contributed by atoms with van der Waals surface area (Å²) in [7, 11) is -3.36. The van der Waals surface area contributed by atoms with Crippen LogP contribution in [0.25, 0.3) is 22.7 Å². The van der Waals surface area contributed by atoms with E-state index >= 15 is 0 Å². The van der Waals surface area contributed by atoms with Crippen molar-refractivity contribution in [2.45, 2.75) is 19.2 Å². The Balaban J connectivity index is 1.23. The van der Waals surface area contributed by atoms with E-state index in [1.807, 2.05) is 67.6 Å². The van der Waals surface area contributed by atoms with Gasteiger partial charge in [0, 0.05) is 31.7 Å². The van der Waals surface area contributed by atoms with Crippen molar-refractivity contribution in [3.63, 3.8) is 0 Å². The summed E-state index contributed by atoms with van der Waals surface area (Å²) in [6.07, 6.45) is 0. The van der Waals surface area contributed by atoms with E-state index in [0.29, 0.717) is 61.5 Å². The summed E-state index contributed by atoms with van der Waals surface area (Å²) in [5.74, 6) is 1.45. The molecule has 1 saturated heterocycles. The maximum absolute atomic E-state index is 12.8. The van der Waals surface area contributed by atoms with Gasteiger partial charge in [-0.1, -0.05) is 65.8 Å². The largest absolute Gasteiger partial charge is 0.419 e. The number of hydrogen-bond donors (Lipinski definition) is 0. The summed E-state index contributed by atoms with van der Waals surface area (Å²) in [4.78, 5) is 2.12. The monoisotopic (exact) mass is 479 g/mol. The Bertz CT molecular complexity index is 1340. The average molecular weight is 480 g/mol. The highest BCUT2D eigenvalue weighted by molar-refractivity contribution is 7.88. The molecule has 0 unspecified atom stereocenters. The molecule has 10 heteroatoms. The van der Waals surface area contributed by atoms with E-state index in [4.69, 9.17) is 8.94 Å². The Morgan fingerprint density at radius 2 is 1.59 bits per heavy atom. The van der Waals surface area contributed by atoms with Gasteiger partial charge in [0.1, 0.15) is 17.0 Å². The molecule has 0 bridgehead atoms. The highest BCUT2D eigenvalue weighted by atomic mass is 32.2. The first kappa shape index (κ1) is 22.5. The van der Waals surface area contributed by atoms with Crippen molar-refractivity contribution in [3.05, 3.63) is 77.9 Å². The molecule has 0 aliphatic carbocycles. The summed E-state index contributed by atoms with van der Waals surface area (Å²) in [6.45, 7) is 4.30. The first-order valence-electron chi connectivity index (χ1n) is 11.1. The van der Waals surface area contributed by atoms with Gasteiger partial charge in [0.2, 0.25) is 15.9 Å². The second-order valence-corrected chi connectivity index (χ2v) is 10.2. The van der Waals surface area contributed by atoms with Crippen LogP contribution < -0.4 is 0 Å². The molecule has 176 valence electrons. The number of nitrogens with zero attached hydrogens (tertiary/aromatic N) is 5. The molecular formula is C24H25N5O4S. The maximum Gasteiger partial charge on any atom is 0.253 e. The second-order valence-electron chi connectivity index (χ2n) is 8.25. The molecular weight excluding hydrogens is 454 g/mol. The van der Waals surface area contributed by atoms with Crippen molar-refractivity contribution in [3.8, 4) is 22.7 Å². The van der Waals surface area contributed by atoms with Crippen molar-refractivity contribution >= 4 is 10.0 Å². The van der Waals surface area contributed by atoms with Crippen molar-refractivity contribution in [2.75, 3.05) is 26.2 Å². The molecule has 1 aliphatic rings. The van der Waals surface area contributed by atoms with Crippen molar-refractivity contribution < 1.29 is 17.4 Å². The first-order valence-corrected chi connectivity index (χ1v) is 12.7. The molecule has 1 aliphatic heterocycles. The highest BCUT2D eigenvalue weighted by Gasteiger charge is 2.28. The minimum atomic E-state index is -3.36. The summed E-state index contributed by atoms with van der Waals surface area (Å²) >= 11 is 0. The van der Waals surface area contributed by atoms with E-state index in [1.165, 1.54) is 0 Å². The molecule has 0 saturated carbocycles. The number of benzene rings is 2. The topological polar surface area (TPSA) is 106 Å². The summed E-state index contributed by atoms with van der Waals surface area (Å²) in [5, 5.41) is 12.6. The summed E-state index contributed by atoms with van der Waals surface area (Å²) < 4.78 is 38.5. The highest BCUT2D eigenvalue weighted by Crippen LogP contribution is 2.33. The van der Waals surface area contributed by atoms with Crippen LogP contribution in [-0.2, 0) is 22.3 Å². The molecule has 0 atom stereocenters. The molecule has 5 rings (SSSR count). The van der Waals surface area contributed by atoms with Crippen LogP contribution in [0.15, 0.2) is 69.6 Å². The normalized spacial score (nSPS) is 15.6. The number of aromatic nitrogens is 3. The van der Waals surface area contributed by atoms with E-state index in [-0.39, 0.29) is 5.75 Å². The number of rotatable bonds is 7. The lowest BCUT2D eigenvalue weighted by Crippen LogP contribution is -2.48. The van der Waals surface area contributed by atoms with Crippen LogP contribution in [0.3, 0.4) is 0 Å². The van der Waals surface area contributed by atoms with Crippen molar-refractivity contribution in [2.24, 2.45) is 0 Å². The van der Waals surface area contributed by atoms with Crippen LogP contribution in [0.1, 0.15) is 17.2 Å². The molecule has 0 spiro atoms. The van der Waals surface area contributed by atoms with Crippen molar-refractivity contribution in [1.29, 1.82) is 0 Å². The molecule has 4 aromatic rings. The zero-order valence-corrected chi connectivity index (χ0v) is 19.6. The van der Waals surface area contributed by atoms with Gasteiger partial charge in [0.05, 0.1) is 12.3 Å². The molecule has 0 radical (unpaired) electrons. The van der Waals surface area contributed by atoms with E-state index in [0.717, 1.165) is 11.1 Å². The van der Waals surface area contributed by atoms with Crippen molar-refractivity contribution in [1.82, 2.24) is 24.6 Å². The number of piperazine rings is 1. The predicted octanol–water partition coefficient (Wildman–Crippen LogP) is 3.35. The van der Waals surface area contributed by atoms with Crippen LogP contribution in [0.2, 0.25) is 0 Å². The van der Waals surface area contributed by atoms with Gasteiger partial charge in [-0.3, -0.25) is 4.90 Å². The van der Waals surface area contributed by atoms with E-state index < -0.39 is 10.0 Å². The van der Waals surface area contributed by atoms with Crippen LogP contribution in [0.4, 0.5) is 0 Å². The lowest BCUT2D eigenvalue weighted by atomic mass is 10.1. The van der Waals surface area contributed by atoms with Crippen LogP contribution in [0, 0.1) is 6.92 Å². The summed E-state index contributed by atoms with van der Waals surface area (Å²) in [6, 6.07) is 19.0. The van der Waals surface area contributed by atoms with Crippen LogP contribution in [0.5, 0.6) is 0 Å². The molecule has 3 heterocycles. The van der Waals surface area contributed by atoms with Gasteiger partial charge < -0.3 is 8.94 Å². The lowest BCUT2D eigenvalue weighted by Gasteiger charge is -2.33. The van der Waals surface area contributed by atoms with E-state index in [9.17, 15) is 8.42 Å². The Labute approximate surface area is 198 Å². The molecule has 1 fully saturated rings. The third-order valence-corrected chi connectivity index (χ3v) is 7.72. The van der Waals surface area contributed by atoms with E-state index in [2.05, 4.69) is 20.3 Å². The fourth-order valence-electron chi connectivity index (χ4n) is 4.07. The Morgan fingerprint density at radius 3 is 2.29 bits per heavy atom. The zero-order valence-electron chi connectivity index (χ0n) is 18.8. The average Bonchev–Trinajstić information content (AvgIpc) is 3.46. The van der Waals surface area contributed by atoms with Gasteiger partial charge in [0.25, 0.3) is 5.89 Å². The Kier molecular flexibility index (Phi) is 6.27. The van der Waals surface area contributed by atoms with E-state index in [1.54, 1.807) is 4.31 Å². The van der Waals surface area contributed by atoms with Gasteiger partial charge >= 0.3 is 0 Å². The SMILES string of the molecule is Cc1onc(-c2ccccc2)c1-c1nnc(CN2CCN(S(=O)(=O)Cc3ccccc3)CC2)o1. The number of hydrogen-bond acceptors (Lipinski definition) is 8. The lowest BCUT2D eigenvalue weighted by molar-refractivity contribution is 0.168. The van der Waals surface area contributed by atoms with Crippen LogP contribution in [-0.4, -0.2) is 59.2 Å². The second kappa shape index (κ2) is 9.49. The standard InChI is InChI=1S/C24H25N5O4S/c1-18-22(23(27-33-18)20-10-6-3-7-11-20)24-26-25-21(32-24)16-28-12-14-29(15-13-28)34(30,31)17-19-8-4-2-5-9-19/h2-11H,12-17H2,1H3. The Hall–Kier alpha value is -3.34. The fraction of sp³-hybridized carbons (Fsp3) is 0.292. The minimum Gasteiger partial charge on any atom is -0.419 e. The summed E-state index contributed by atoms with van der Waals surface area (Å²) in [5.41, 5.74) is 3.04. The Morgan fingerprint density at radius 1 is 0.912 bits per heavy atom. The van der Waals surface area contributed by atoms with Gasteiger partial charge in [-0.2, -0.15) is 4.31 Å². The zero-order chi connectivity index (χ0) is 23.5. The molecule has 2 aromatic heterocycles.